The highest BCUT2D eigenvalue weighted by Crippen LogP contribution is 2.51. The predicted octanol–water partition coefficient (Wildman–Crippen LogP) is 4.66. The van der Waals surface area contributed by atoms with Crippen molar-refractivity contribution in [2.24, 2.45) is 0 Å². The predicted molar refractivity (Wildman–Crippen MR) is 108 cm³/mol. The Morgan fingerprint density at radius 1 is 1.00 bits per heavy atom. The highest BCUT2D eigenvalue weighted by atomic mass is 32.2. The minimum absolute atomic E-state index is 0.0710. The van der Waals surface area contributed by atoms with E-state index in [1.54, 1.807) is 6.20 Å². The number of aromatic amines is 1. The second-order valence-corrected chi connectivity index (χ2v) is 9.90. The van der Waals surface area contributed by atoms with E-state index in [9.17, 15) is 21.6 Å². The van der Waals surface area contributed by atoms with Gasteiger partial charge < -0.3 is 0 Å². The first-order chi connectivity index (χ1) is 14.8. The minimum atomic E-state index is -4.52. The van der Waals surface area contributed by atoms with Gasteiger partial charge in [0.25, 0.3) is 0 Å². The standard InChI is InChI=1S/C22H20F3N3O2S/c23-22(24,25)15-6-9-17(10-7-15)31(29,30)28-16-8-11-18(14-4-2-1-3-5-14)21(28)19-13-26-27-20(19)12-16/h1-7,9-10,13,16,18,21H,8,11-12H2,(H,26,27). The maximum atomic E-state index is 13.7. The summed E-state index contributed by atoms with van der Waals surface area (Å²) in [7, 11) is -4.02. The quantitative estimate of drug-likeness (QED) is 0.635. The molecule has 5 rings (SSSR count). The number of fused-ring (bicyclic) bond motifs is 4. The van der Waals surface area contributed by atoms with Crippen LogP contribution < -0.4 is 0 Å². The summed E-state index contributed by atoms with van der Waals surface area (Å²) in [5, 5.41) is 7.15. The molecule has 1 saturated heterocycles. The molecule has 162 valence electrons. The zero-order chi connectivity index (χ0) is 21.8. The molecule has 0 amide bonds. The van der Waals surface area contributed by atoms with E-state index in [-0.39, 0.29) is 16.9 Å². The van der Waals surface area contributed by atoms with Gasteiger partial charge in [-0.3, -0.25) is 5.10 Å². The summed E-state index contributed by atoms with van der Waals surface area (Å²) in [6.45, 7) is 0. The summed E-state index contributed by atoms with van der Waals surface area (Å²) in [4.78, 5) is -0.129. The lowest BCUT2D eigenvalue weighted by Crippen LogP contribution is -2.51. The van der Waals surface area contributed by atoms with Crippen LogP contribution in [0.5, 0.6) is 0 Å². The van der Waals surface area contributed by atoms with Gasteiger partial charge in [-0.2, -0.15) is 22.6 Å². The number of aromatic nitrogens is 2. The molecule has 3 unspecified atom stereocenters. The van der Waals surface area contributed by atoms with E-state index in [1.165, 1.54) is 4.31 Å². The van der Waals surface area contributed by atoms with Gasteiger partial charge in [0.2, 0.25) is 10.0 Å². The summed E-state index contributed by atoms with van der Waals surface area (Å²) < 4.78 is 67.7. The Labute approximate surface area is 178 Å². The highest BCUT2D eigenvalue weighted by Gasteiger charge is 2.49. The topological polar surface area (TPSA) is 66.1 Å². The molecular formula is C22H20F3N3O2S. The van der Waals surface area contributed by atoms with Gasteiger partial charge in [-0.05, 0) is 42.7 Å². The summed E-state index contributed by atoms with van der Waals surface area (Å²) in [6.07, 6.45) is -0.856. The fourth-order valence-electron chi connectivity index (χ4n) is 4.92. The van der Waals surface area contributed by atoms with Crippen LogP contribution in [0.4, 0.5) is 13.2 Å². The van der Waals surface area contributed by atoms with Crippen molar-refractivity contribution in [2.75, 3.05) is 0 Å². The van der Waals surface area contributed by atoms with Crippen LogP contribution in [0.1, 0.15) is 47.2 Å². The zero-order valence-electron chi connectivity index (χ0n) is 16.4. The number of hydrogen-bond donors (Lipinski definition) is 1. The number of alkyl halides is 3. The number of H-pyrrole nitrogens is 1. The van der Waals surface area contributed by atoms with E-state index >= 15 is 0 Å². The molecule has 2 aliphatic heterocycles. The molecule has 2 bridgehead atoms. The van der Waals surface area contributed by atoms with Crippen LogP contribution in [0.2, 0.25) is 0 Å². The number of piperidine rings is 1. The summed E-state index contributed by atoms with van der Waals surface area (Å²) >= 11 is 0. The summed E-state index contributed by atoms with van der Waals surface area (Å²) in [6, 6.07) is 12.8. The van der Waals surface area contributed by atoms with E-state index in [4.69, 9.17) is 0 Å². The van der Waals surface area contributed by atoms with Crippen molar-refractivity contribution < 1.29 is 21.6 Å². The first-order valence-corrected chi connectivity index (χ1v) is 11.5. The van der Waals surface area contributed by atoms with Gasteiger partial charge in [-0.15, -0.1) is 0 Å². The van der Waals surface area contributed by atoms with Gasteiger partial charge in [-0.1, -0.05) is 30.3 Å². The van der Waals surface area contributed by atoms with Crippen LogP contribution in [0.15, 0.2) is 65.7 Å². The first kappa shape index (κ1) is 20.3. The van der Waals surface area contributed by atoms with Gasteiger partial charge in [0.15, 0.2) is 0 Å². The summed E-state index contributed by atoms with van der Waals surface area (Å²) in [5.41, 5.74) is 1.92. The normalized spacial score (nSPS) is 24.0. The molecule has 0 aliphatic carbocycles. The van der Waals surface area contributed by atoms with Crippen LogP contribution in [-0.4, -0.2) is 29.0 Å². The highest BCUT2D eigenvalue weighted by molar-refractivity contribution is 7.89. The third-order valence-electron chi connectivity index (χ3n) is 6.32. The van der Waals surface area contributed by atoms with E-state index < -0.39 is 27.8 Å². The number of benzene rings is 2. The van der Waals surface area contributed by atoms with Crippen LogP contribution >= 0.6 is 0 Å². The Kier molecular flexibility index (Phi) is 4.71. The molecule has 2 aliphatic rings. The van der Waals surface area contributed by atoms with Gasteiger partial charge in [0.05, 0.1) is 22.7 Å². The smallest absolute Gasteiger partial charge is 0.282 e. The lowest BCUT2D eigenvalue weighted by molar-refractivity contribution is -0.137. The molecule has 3 aromatic rings. The van der Waals surface area contributed by atoms with Crippen molar-refractivity contribution in [2.45, 2.75) is 48.3 Å². The van der Waals surface area contributed by atoms with Gasteiger partial charge in [0.1, 0.15) is 0 Å². The Balaban J connectivity index is 1.60. The van der Waals surface area contributed by atoms with Crippen molar-refractivity contribution >= 4 is 10.0 Å². The van der Waals surface area contributed by atoms with E-state index in [0.717, 1.165) is 47.5 Å². The second-order valence-electron chi connectivity index (χ2n) is 8.06. The molecule has 1 fully saturated rings. The fraction of sp³-hybridized carbons (Fsp3) is 0.318. The lowest BCUT2D eigenvalue weighted by Gasteiger charge is -2.48. The van der Waals surface area contributed by atoms with Crippen LogP contribution in [-0.2, 0) is 22.6 Å². The largest absolute Gasteiger partial charge is 0.416 e. The molecule has 0 radical (unpaired) electrons. The first-order valence-electron chi connectivity index (χ1n) is 10.0. The molecule has 1 N–H and O–H groups in total. The van der Waals surface area contributed by atoms with Crippen molar-refractivity contribution in [1.29, 1.82) is 0 Å². The van der Waals surface area contributed by atoms with Gasteiger partial charge in [-0.25, -0.2) is 8.42 Å². The van der Waals surface area contributed by atoms with Crippen molar-refractivity contribution in [3.8, 4) is 0 Å². The SMILES string of the molecule is O=S(=O)(c1ccc(C(F)(F)F)cc1)N1C2CCC(c3ccccc3)C1c1cn[nH]c1C2. The number of sulfonamides is 1. The number of nitrogens with one attached hydrogen (secondary N) is 1. The Morgan fingerprint density at radius 3 is 2.39 bits per heavy atom. The molecule has 0 saturated carbocycles. The van der Waals surface area contributed by atoms with Crippen LogP contribution in [0.3, 0.4) is 0 Å². The molecule has 2 aromatic carbocycles. The monoisotopic (exact) mass is 447 g/mol. The van der Waals surface area contributed by atoms with Gasteiger partial charge >= 0.3 is 6.18 Å². The van der Waals surface area contributed by atoms with Crippen molar-refractivity contribution in [1.82, 2.24) is 14.5 Å². The maximum Gasteiger partial charge on any atom is 0.416 e. The van der Waals surface area contributed by atoms with E-state index in [0.29, 0.717) is 12.8 Å². The third kappa shape index (κ3) is 3.36. The maximum absolute atomic E-state index is 13.7. The fourth-order valence-corrected chi connectivity index (χ4v) is 6.77. The molecule has 5 nitrogen and oxygen atoms in total. The van der Waals surface area contributed by atoms with E-state index in [1.807, 2.05) is 30.3 Å². The van der Waals surface area contributed by atoms with Crippen molar-refractivity contribution in [3.05, 3.63) is 83.2 Å². The third-order valence-corrected chi connectivity index (χ3v) is 8.27. The average molecular weight is 447 g/mol. The lowest BCUT2D eigenvalue weighted by atomic mass is 9.75. The summed E-state index contributed by atoms with van der Waals surface area (Å²) in [5.74, 6) is -0.0710. The van der Waals surface area contributed by atoms with Crippen LogP contribution in [0.25, 0.3) is 0 Å². The minimum Gasteiger partial charge on any atom is -0.282 e. The number of nitrogens with zero attached hydrogens (tertiary/aromatic N) is 2. The van der Waals surface area contributed by atoms with Crippen molar-refractivity contribution in [3.63, 3.8) is 0 Å². The average Bonchev–Trinajstić information content (AvgIpc) is 3.22. The molecule has 9 heteroatoms. The number of rotatable bonds is 3. The molecule has 0 spiro atoms. The Bertz CT molecular complexity index is 1190. The molecule has 3 heterocycles. The number of halogens is 3. The molecular weight excluding hydrogens is 427 g/mol. The van der Waals surface area contributed by atoms with E-state index in [2.05, 4.69) is 10.2 Å². The number of hydrogen-bond acceptors (Lipinski definition) is 3. The van der Waals surface area contributed by atoms with Crippen LogP contribution in [0, 0.1) is 0 Å². The molecule has 3 atom stereocenters. The Hall–Kier alpha value is -2.65. The Morgan fingerprint density at radius 2 is 1.71 bits per heavy atom. The zero-order valence-corrected chi connectivity index (χ0v) is 17.2. The van der Waals surface area contributed by atoms with Gasteiger partial charge in [0, 0.05) is 29.6 Å². The molecule has 1 aromatic heterocycles. The molecule has 31 heavy (non-hydrogen) atoms. The second kappa shape index (κ2) is 7.20.